The van der Waals surface area contributed by atoms with E-state index in [1.54, 1.807) is 11.8 Å². The maximum Gasteiger partial charge on any atom is 0.265 e. The van der Waals surface area contributed by atoms with Crippen molar-refractivity contribution in [3.8, 4) is 0 Å². The predicted molar refractivity (Wildman–Crippen MR) is 60.8 cm³/mol. The second-order valence-electron chi connectivity index (χ2n) is 2.35. The van der Waals surface area contributed by atoms with Crippen LogP contribution in [0.2, 0.25) is 0 Å². The van der Waals surface area contributed by atoms with Gasteiger partial charge in [0.15, 0.2) is 0 Å². The van der Waals surface area contributed by atoms with Crippen LogP contribution in [0.4, 0.5) is 0 Å². The number of hydrogen-bond acceptors (Lipinski definition) is 4. The molecular formula is C7H14O3S3. The van der Waals surface area contributed by atoms with E-state index < -0.39 is 10.1 Å². The summed E-state index contributed by atoms with van der Waals surface area (Å²) in [4.78, 5) is 0. The first-order chi connectivity index (χ1) is 5.95. The van der Waals surface area contributed by atoms with Gasteiger partial charge in [-0.3, -0.25) is 4.55 Å². The molecule has 0 heterocycles. The zero-order valence-electron chi connectivity index (χ0n) is 7.52. The van der Waals surface area contributed by atoms with Crippen molar-refractivity contribution in [3.05, 3.63) is 10.8 Å². The van der Waals surface area contributed by atoms with E-state index in [9.17, 15) is 8.42 Å². The Balaban J connectivity index is 3.49. The molecule has 6 heteroatoms. The standard InChI is InChI=1S/C7H14O3S3/c1-3-4-11-7(2)12-5-6-13(8,9)10/h2-6H2,1H3,(H,8,9,10). The van der Waals surface area contributed by atoms with Gasteiger partial charge in [-0.15, -0.1) is 23.5 Å². The number of rotatable bonds is 7. The molecule has 0 radical (unpaired) electrons. The van der Waals surface area contributed by atoms with Gasteiger partial charge in [0.05, 0.1) is 5.75 Å². The van der Waals surface area contributed by atoms with Gasteiger partial charge in [0.2, 0.25) is 0 Å². The van der Waals surface area contributed by atoms with Crippen molar-refractivity contribution in [1.82, 2.24) is 0 Å². The Hall–Kier alpha value is 0.350. The van der Waals surface area contributed by atoms with Crippen molar-refractivity contribution in [2.24, 2.45) is 0 Å². The lowest BCUT2D eigenvalue weighted by molar-refractivity contribution is 0.485. The minimum Gasteiger partial charge on any atom is -0.286 e. The molecule has 0 aliphatic rings. The van der Waals surface area contributed by atoms with Crippen LogP contribution in [0.25, 0.3) is 0 Å². The van der Waals surface area contributed by atoms with Gasteiger partial charge in [-0.1, -0.05) is 13.5 Å². The molecule has 0 aliphatic heterocycles. The molecule has 0 saturated carbocycles. The summed E-state index contributed by atoms with van der Waals surface area (Å²) >= 11 is 2.99. The minimum absolute atomic E-state index is 0.205. The lowest BCUT2D eigenvalue weighted by atomic mass is 10.6. The summed E-state index contributed by atoms with van der Waals surface area (Å²) in [6, 6.07) is 0. The molecule has 3 nitrogen and oxygen atoms in total. The summed E-state index contributed by atoms with van der Waals surface area (Å²) in [5, 5.41) is 0. The molecule has 0 aromatic heterocycles. The smallest absolute Gasteiger partial charge is 0.265 e. The molecule has 0 bridgehead atoms. The summed E-state index contributed by atoms with van der Waals surface area (Å²) in [5.74, 6) is 1.16. The third-order valence-corrected chi connectivity index (χ3v) is 4.42. The molecule has 0 amide bonds. The Morgan fingerprint density at radius 2 is 1.92 bits per heavy atom. The fourth-order valence-corrected chi connectivity index (χ4v) is 3.19. The Bertz CT molecular complexity index is 246. The maximum absolute atomic E-state index is 10.3. The molecule has 0 aromatic rings. The van der Waals surface area contributed by atoms with E-state index >= 15 is 0 Å². The number of thioether (sulfide) groups is 2. The predicted octanol–water partition coefficient (Wildman–Crippen LogP) is 2.22. The van der Waals surface area contributed by atoms with E-state index in [4.69, 9.17) is 4.55 Å². The summed E-state index contributed by atoms with van der Waals surface area (Å²) in [5.41, 5.74) is 0. The van der Waals surface area contributed by atoms with E-state index in [1.165, 1.54) is 11.8 Å². The first-order valence-corrected chi connectivity index (χ1v) is 7.43. The Kier molecular flexibility index (Phi) is 6.93. The fraction of sp³-hybridized carbons (Fsp3) is 0.714. The highest BCUT2D eigenvalue weighted by Gasteiger charge is 2.04. The van der Waals surface area contributed by atoms with Crippen LogP contribution in [0.3, 0.4) is 0 Å². The minimum atomic E-state index is -3.81. The van der Waals surface area contributed by atoms with Crippen LogP contribution in [-0.2, 0) is 10.1 Å². The van der Waals surface area contributed by atoms with E-state index in [0.717, 1.165) is 16.4 Å². The van der Waals surface area contributed by atoms with Crippen molar-refractivity contribution >= 4 is 33.6 Å². The van der Waals surface area contributed by atoms with Crippen LogP contribution in [0.15, 0.2) is 10.8 Å². The fourth-order valence-electron chi connectivity index (χ4n) is 0.518. The van der Waals surface area contributed by atoms with Crippen molar-refractivity contribution in [1.29, 1.82) is 0 Å². The van der Waals surface area contributed by atoms with Gasteiger partial charge in [-0.05, 0) is 12.2 Å². The zero-order valence-corrected chi connectivity index (χ0v) is 9.97. The summed E-state index contributed by atoms with van der Waals surface area (Å²) < 4.78 is 30.0. The van der Waals surface area contributed by atoms with E-state index in [2.05, 4.69) is 13.5 Å². The summed E-state index contributed by atoms with van der Waals surface area (Å²) in [6.45, 7) is 5.83. The monoisotopic (exact) mass is 242 g/mol. The molecule has 0 atom stereocenters. The molecule has 0 aromatic carbocycles. The normalized spacial score (nSPS) is 11.5. The van der Waals surface area contributed by atoms with Crippen LogP contribution in [0.5, 0.6) is 0 Å². The van der Waals surface area contributed by atoms with E-state index in [-0.39, 0.29) is 5.75 Å². The van der Waals surface area contributed by atoms with Crippen LogP contribution in [0.1, 0.15) is 13.3 Å². The van der Waals surface area contributed by atoms with Crippen molar-refractivity contribution in [3.63, 3.8) is 0 Å². The number of hydrogen-bond donors (Lipinski definition) is 1. The van der Waals surface area contributed by atoms with Gasteiger partial charge in [-0.25, -0.2) is 0 Å². The first-order valence-electron chi connectivity index (χ1n) is 3.85. The highest BCUT2D eigenvalue weighted by molar-refractivity contribution is 8.22. The molecule has 0 rings (SSSR count). The average molecular weight is 242 g/mol. The molecular weight excluding hydrogens is 228 g/mol. The van der Waals surface area contributed by atoms with Crippen molar-refractivity contribution < 1.29 is 13.0 Å². The van der Waals surface area contributed by atoms with Crippen LogP contribution in [0, 0.1) is 0 Å². The van der Waals surface area contributed by atoms with Gasteiger partial charge >= 0.3 is 0 Å². The van der Waals surface area contributed by atoms with E-state index in [1.807, 2.05) is 0 Å². The van der Waals surface area contributed by atoms with Crippen LogP contribution >= 0.6 is 23.5 Å². The third-order valence-electron chi connectivity index (χ3n) is 1.07. The van der Waals surface area contributed by atoms with Crippen molar-refractivity contribution in [2.75, 3.05) is 17.3 Å². The van der Waals surface area contributed by atoms with E-state index in [0.29, 0.717) is 5.75 Å². The molecule has 0 aliphatic carbocycles. The SMILES string of the molecule is C=C(SCCC)SCCS(=O)(=O)O. The quantitative estimate of drug-likeness (QED) is 0.694. The third kappa shape index (κ3) is 10.3. The second-order valence-corrected chi connectivity index (χ2v) is 6.56. The average Bonchev–Trinajstić information content (AvgIpc) is 1.98. The Labute approximate surface area is 88.1 Å². The lowest BCUT2D eigenvalue weighted by Crippen LogP contribution is -2.05. The highest BCUT2D eigenvalue weighted by Crippen LogP contribution is 2.26. The van der Waals surface area contributed by atoms with Gasteiger partial charge < -0.3 is 0 Å². The second kappa shape index (κ2) is 6.75. The summed E-state index contributed by atoms with van der Waals surface area (Å²) in [7, 11) is -3.81. The molecule has 0 fully saturated rings. The first kappa shape index (κ1) is 13.4. The molecule has 78 valence electrons. The molecule has 13 heavy (non-hydrogen) atoms. The van der Waals surface area contributed by atoms with Gasteiger partial charge in [-0.2, -0.15) is 8.42 Å². The van der Waals surface area contributed by atoms with Crippen LogP contribution in [-0.4, -0.2) is 30.2 Å². The van der Waals surface area contributed by atoms with Gasteiger partial charge in [0.1, 0.15) is 0 Å². The Morgan fingerprint density at radius 3 is 2.38 bits per heavy atom. The lowest BCUT2D eigenvalue weighted by Gasteiger charge is -2.02. The van der Waals surface area contributed by atoms with Crippen LogP contribution < -0.4 is 0 Å². The largest absolute Gasteiger partial charge is 0.286 e. The van der Waals surface area contributed by atoms with Crippen molar-refractivity contribution in [2.45, 2.75) is 13.3 Å². The topological polar surface area (TPSA) is 54.4 Å². The molecule has 0 saturated heterocycles. The molecule has 0 unspecified atom stereocenters. The Morgan fingerprint density at radius 1 is 1.38 bits per heavy atom. The molecule has 0 spiro atoms. The zero-order chi connectivity index (χ0) is 10.3. The van der Waals surface area contributed by atoms with Gasteiger partial charge in [0.25, 0.3) is 10.1 Å². The summed E-state index contributed by atoms with van der Waals surface area (Å²) in [6.07, 6.45) is 1.07. The highest BCUT2D eigenvalue weighted by atomic mass is 32.2. The molecule has 1 N–H and O–H groups in total. The maximum atomic E-state index is 10.3. The van der Waals surface area contributed by atoms with Gasteiger partial charge in [0, 0.05) is 9.99 Å².